The molecule has 16 heavy (non-hydrogen) atoms. The van der Waals surface area contributed by atoms with Crippen LogP contribution in [0.25, 0.3) is 0 Å². The van der Waals surface area contributed by atoms with E-state index in [0.717, 1.165) is 35.0 Å². The summed E-state index contributed by atoms with van der Waals surface area (Å²) >= 11 is 5.08. The summed E-state index contributed by atoms with van der Waals surface area (Å²) in [5.74, 6) is 0.558. The first-order valence-electron chi connectivity index (χ1n) is 5.90. The molecule has 0 amide bonds. The van der Waals surface area contributed by atoms with Crippen LogP contribution in [0.4, 0.5) is 0 Å². The fourth-order valence-electron chi connectivity index (χ4n) is 1.89. The zero-order valence-corrected chi connectivity index (χ0v) is 12.6. The molecule has 0 aliphatic rings. The number of rotatable bonds is 6. The van der Waals surface area contributed by atoms with E-state index in [-0.39, 0.29) is 5.92 Å². The summed E-state index contributed by atoms with van der Waals surface area (Å²) in [5, 5.41) is 0. The highest BCUT2D eigenvalue weighted by atomic mass is 79.9. The van der Waals surface area contributed by atoms with Gasteiger partial charge in [-0.15, -0.1) is 11.3 Å². The highest BCUT2D eigenvalue weighted by Gasteiger charge is 2.20. The first-order valence-corrected chi connectivity index (χ1v) is 7.51. The highest BCUT2D eigenvalue weighted by Crippen LogP contribution is 2.30. The lowest BCUT2D eigenvalue weighted by Crippen LogP contribution is -2.13. The standard InChI is InChI=1S/C13H19BrOS/c1-4-6-10(7-5-2)13(15)12-8-11(14)9(3)16-12/h8,10H,4-7H2,1-3H3. The van der Waals surface area contributed by atoms with Gasteiger partial charge >= 0.3 is 0 Å². The maximum absolute atomic E-state index is 12.3. The van der Waals surface area contributed by atoms with Crippen molar-refractivity contribution < 1.29 is 4.79 Å². The number of carbonyl (C=O) groups excluding carboxylic acids is 1. The van der Waals surface area contributed by atoms with Crippen LogP contribution < -0.4 is 0 Å². The van der Waals surface area contributed by atoms with Gasteiger partial charge in [-0.3, -0.25) is 4.79 Å². The topological polar surface area (TPSA) is 17.1 Å². The summed E-state index contributed by atoms with van der Waals surface area (Å²) in [7, 11) is 0. The van der Waals surface area contributed by atoms with Crippen LogP contribution in [-0.2, 0) is 0 Å². The smallest absolute Gasteiger partial charge is 0.175 e. The molecule has 0 aromatic carbocycles. The lowest BCUT2D eigenvalue weighted by atomic mass is 9.93. The summed E-state index contributed by atoms with van der Waals surface area (Å²) in [5.41, 5.74) is 0. The number of ketones is 1. The number of hydrogen-bond donors (Lipinski definition) is 0. The Morgan fingerprint density at radius 3 is 2.31 bits per heavy atom. The van der Waals surface area contributed by atoms with Gasteiger partial charge in [0.1, 0.15) is 0 Å². The molecule has 0 spiro atoms. The average Bonchev–Trinajstić information content (AvgIpc) is 2.58. The van der Waals surface area contributed by atoms with Gasteiger partial charge in [-0.1, -0.05) is 26.7 Å². The first-order chi connectivity index (χ1) is 7.60. The number of halogens is 1. The molecule has 0 atom stereocenters. The Kier molecular flexibility index (Phi) is 5.70. The van der Waals surface area contributed by atoms with Crippen LogP contribution in [0, 0.1) is 12.8 Å². The van der Waals surface area contributed by atoms with E-state index in [2.05, 4.69) is 29.8 Å². The van der Waals surface area contributed by atoms with E-state index >= 15 is 0 Å². The molecule has 1 aromatic heterocycles. The van der Waals surface area contributed by atoms with Crippen LogP contribution in [0.2, 0.25) is 0 Å². The van der Waals surface area contributed by atoms with Gasteiger partial charge in [0.15, 0.2) is 5.78 Å². The summed E-state index contributed by atoms with van der Waals surface area (Å²) < 4.78 is 1.06. The quantitative estimate of drug-likeness (QED) is 0.659. The monoisotopic (exact) mass is 302 g/mol. The van der Waals surface area contributed by atoms with E-state index in [4.69, 9.17) is 0 Å². The lowest BCUT2D eigenvalue weighted by Gasteiger charge is -2.12. The predicted octanol–water partition coefficient (Wildman–Crippen LogP) is 5.22. The van der Waals surface area contributed by atoms with Crippen molar-refractivity contribution in [3.05, 3.63) is 20.3 Å². The Hall–Kier alpha value is -0.150. The third-order valence-corrected chi connectivity index (χ3v) is 4.90. The van der Waals surface area contributed by atoms with E-state index in [1.807, 2.05) is 13.0 Å². The molecule has 0 saturated heterocycles. The van der Waals surface area contributed by atoms with E-state index in [0.29, 0.717) is 5.78 Å². The van der Waals surface area contributed by atoms with Gasteiger partial charge in [0.2, 0.25) is 0 Å². The van der Waals surface area contributed by atoms with Crippen LogP contribution in [-0.4, -0.2) is 5.78 Å². The Balaban J connectivity index is 2.81. The minimum absolute atomic E-state index is 0.222. The van der Waals surface area contributed by atoms with E-state index in [1.165, 1.54) is 4.88 Å². The minimum atomic E-state index is 0.222. The molecule has 0 N–H and O–H groups in total. The largest absolute Gasteiger partial charge is 0.293 e. The number of hydrogen-bond acceptors (Lipinski definition) is 2. The number of Topliss-reactive ketones (excluding diaryl/α,β-unsaturated/α-hetero) is 1. The van der Waals surface area contributed by atoms with Crippen molar-refractivity contribution in [3.63, 3.8) is 0 Å². The maximum atomic E-state index is 12.3. The summed E-state index contributed by atoms with van der Waals surface area (Å²) in [4.78, 5) is 14.4. The fourth-order valence-corrected chi connectivity index (χ4v) is 3.44. The molecule has 1 aromatic rings. The van der Waals surface area contributed by atoms with Gasteiger partial charge in [0.05, 0.1) is 4.88 Å². The summed E-state index contributed by atoms with van der Waals surface area (Å²) in [6.45, 7) is 6.33. The van der Waals surface area contributed by atoms with Crippen LogP contribution in [0.3, 0.4) is 0 Å². The third kappa shape index (κ3) is 3.42. The predicted molar refractivity (Wildman–Crippen MR) is 74.4 cm³/mol. The lowest BCUT2D eigenvalue weighted by molar-refractivity contribution is 0.0909. The second-order valence-electron chi connectivity index (χ2n) is 4.15. The second kappa shape index (κ2) is 6.55. The molecule has 0 saturated carbocycles. The number of carbonyl (C=O) groups is 1. The first kappa shape index (κ1) is 13.9. The maximum Gasteiger partial charge on any atom is 0.175 e. The van der Waals surface area contributed by atoms with E-state index < -0.39 is 0 Å². The molecule has 90 valence electrons. The van der Waals surface area contributed by atoms with Crippen molar-refractivity contribution in [1.82, 2.24) is 0 Å². The average molecular weight is 303 g/mol. The van der Waals surface area contributed by atoms with Crippen LogP contribution in [0.5, 0.6) is 0 Å². The second-order valence-corrected chi connectivity index (χ2v) is 6.26. The third-order valence-electron chi connectivity index (χ3n) is 2.75. The van der Waals surface area contributed by atoms with Crippen molar-refractivity contribution in [2.24, 2.45) is 5.92 Å². The van der Waals surface area contributed by atoms with Gasteiger partial charge < -0.3 is 0 Å². The minimum Gasteiger partial charge on any atom is -0.293 e. The Labute approximate surface area is 110 Å². The van der Waals surface area contributed by atoms with Gasteiger partial charge in [0.25, 0.3) is 0 Å². The molecule has 0 unspecified atom stereocenters. The number of aryl methyl sites for hydroxylation is 1. The molecular formula is C13H19BrOS. The van der Waals surface area contributed by atoms with Crippen molar-refractivity contribution >= 4 is 33.0 Å². The van der Waals surface area contributed by atoms with Gasteiger partial charge in [-0.25, -0.2) is 0 Å². The zero-order valence-electron chi connectivity index (χ0n) is 10.2. The molecule has 0 radical (unpaired) electrons. The van der Waals surface area contributed by atoms with Gasteiger partial charge in [-0.05, 0) is 41.8 Å². The molecule has 0 fully saturated rings. The van der Waals surface area contributed by atoms with E-state index in [1.54, 1.807) is 11.3 Å². The van der Waals surface area contributed by atoms with Crippen molar-refractivity contribution in [2.75, 3.05) is 0 Å². The van der Waals surface area contributed by atoms with Gasteiger partial charge in [-0.2, -0.15) is 0 Å². The Morgan fingerprint density at radius 1 is 1.38 bits per heavy atom. The SMILES string of the molecule is CCCC(CCC)C(=O)c1cc(Br)c(C)s1. The van der Waals surface area contributed by atoms with Crippen molar-refractivity contribution in [1.29, 1.82) is 0 Å². The van der Waals surface area contributed by atoms with Crippen LogP contribution >= 0.6 is 27.3 Å². The Bertz CT molecular complexity index is 331. The van der Waals surface area contributed by atoms with E-state index in [9.17, 15) is 4.79 Å². The summed E-state index contributed by atoms with van der Waals surface area (Å²) in [6.07, 6.45) is 4.20. The molecule has 0 aliphatic heterocycles. The normalized spacial score (nSPS) is 11.1. The molecule has 0 aliphatic carbocycles. The molecule has 1 heterocycles. The number of thiophene rings is 1. The summed E-state index contributed by atoms with van der Waals surface area (Å²) in [6, 6.07) is 1.97. The van der Waals surface area contributed by atoms with Crippen molar-refractivity contribution in [2.45, 2.75) is 46.5 Å². The molecule has 1 rings (SSSR count). The zero-order chi connectivity index (χ0) is 12.1. The highest BCUT2D eigenvalue weighted by molar-refractivity contribution is 9.10. The Morgan fingerprint density at radius 2 is 1.94 bits per heavy atom. The molecule has 3 heteroatoms. The van der Waals surface area contributed by atoms with Gasteiger partial charge in [0, 0.05) is 15.3 Å². The fraction of sp³-hybridized carbons (Fsp3) is 0.615. The van der Waals surface area contributed by atoms with Crippen molar-refractivity contribution in [3.8, 4) is 0 Å². The molecular weight excluding hydrogens is 284 g/mol. The van der Waals surface area contributed by atoms with Crippen LogP contribution in [0.1, 0.15) is 54.1 Å². The van der Waals surface area contributed by atoms with Crippen LogP contribution in [0.15, 0.2) is 10.5 Å². The molecule has 0 bridgehead atoms. The molecule has 1 nitrogen and oxygen atoms in total.